The second kappa shape index (κ2) is 7.76. The molecule has 1 amide bonds. The van der Waals surface area contributed by atoms with Gasteiger partial charge in [0.25, 0.3) is 0 Å². The lowest BCUT2D eigenvalue weighted by Crippen LogP contribution is -2.41. The molecule has 1 fully saturated rings. The van der Waals surface area contributed by atoms with Gasteiger partial charge in [-0.2, -0.15) is 0 Å². The van der Waals surface area contributed by atoms with Gasteiger partial charge in [-0.15, -0.1) is 0 Å². The molecule has 8 heteroatoms. The van der Waals surface area contributed by atoms with Crippen LogP contribution in [0.25, 0.3) is 6.08 Å². The molecule has 0 bridgehead atoms. The first-order valence-electron chi connectivity index (χ1n) is 9.28. The first-order chi connectivity index (χ1) is 12.7. The highest BCUT2D eigenvalue weighted by Gasteiger charge is 2.52. The molecule has 1 saturated heterocycles. The van der Waals surface area contributed by atoms with Crippen LogP contribution in [0.4, 0.5) is 14.9 Å². The summed E-state index contributed by atoms with van der Waals surface area (Å²) in [5, 5.41) is 2.72. The number of alkyl carbamates (subject to hydrolysis) is 1. The Labute approximate surface area is 166 Å². The molecule has 6 nitrogen and oxygen atoms in total. The molecule has 0 atom stereocenters. The minimum Gasteiger partial charge on any atom is -0.444 e. The normalized spacial score (nSPS) is 18.9. The van der Waals surface area contributed by atoms with Crippen molar-refractivity contribution in [2.45, 2.75) is 65.3 Å². The molecule has 0 radical (unpaired) electrons. The second-order valence-electron chi connectivity index (χ2n) is 8.94. The van der Waals surface area contributed by atoms with Gasteiger partial charge in [0.15, 0.2) is 0 Å². The molecule has 1 aliphatic rings. The summed E-state index contributed by atoms with van der Waals surface area (Å²) in [5.41, 5.74) is 5.37. The standard InChI is InChI=1S/C20H30BFN2O4/c1-18(2,3)26-17(25)24-12-14(10-13-8-9-15(22)16(23)11-13)21-27-19(4,5)20(6,7)28-21/h8-11H,12,23H2,1-7H3,(H,24,25). The van der Waals surface area contributed by atoms with Gasteiger partial charge in [-0.3, -0.25) is 0 Å². The van der Waals surface area contributed by atoms with Crippen molar-refractivity contribution in [3.63, 3.8) is 0 Å². The molecule has 0 saturated carbocycles. The topological polar surface area (TPSA) is 82.8 Å². The molecule has 0 spiro atoms. The van der Waals surface area contributed by atoms with Crippen molar-refractivity contribution in [2.75, 3.05) is 12.3 Å². The molecule has 0 unspecified atom stereocenters. The SMILES string of the molecule is CC(C)(C)OC(=O)NCC(=Cc1ccc(F)c(N)c1)B1OC(C)(C)C(C)(C)O1. The number of nitrogens with two attached hydrogens (primary N) is 1. The first kappa shape index (κ1) is 22.2. The van der Waals surface area contributed by atoms with Crippen molar-refractivity contribution in [3.8, 4) is 0 Å². The molecule has 0 aliphatic carbocycles. The summed E-state index contributed by atoms with van der Waals surface area (Å²) in [6, 6.07) is 4.42. The Morgan fingerprint density at radius 1 is 1.25 bits per heavy atom. The van der Waals surface area contributed by atoms with E-state index in [0.717, 1.165) is 0 Å². The lowest BCUT2D eigenvalue weighted by atomic mass is 9.77. The Balaban J connectivity index is 2.27. The number of halogens is 1. The summed E-state index contributed by atoms with van der Waals surface area (Å²) in [7, 11) is -0.675. The van der Waals surface area contributed by atoms with Gasteiger partial charge in [-0.05, 0) is 71.6 Å². The fraction of sp³-hybridized carbons (Fsp3) is 0.550. The van der Waals surface area contributed by atoms with Crippen molar-refractivity contribution in [1.29, 1.82) is 0 Å². The van der Waals surface area contributed by atoms with Gasteiger partial charge in [-0.1, -0.05) is 12.1 Å². The van der Waals surface area contributed by atoms with E-state index in [2.05, 4.69) is 5.32 Å². The Morgan fingerprint density at radius 3 is 2.32 bits per heavy atom. The molecular formula is C20H30BFN2O4. The van der Waals surface area contributed by atoms with Crippen LogP contribution in [0.1, 0.15) is 54.0 Å². The van der Waals surface area contributed by atoms with Crippen molar-refractivity contribution in [3.05, 3.63) is 35.1 Å². The van der Waals surface area contributed by atoms with E-state index in [0.29, 0.717) is 11.0 Å². The first-order valence-corrected chi connectivity index (χ1v) is 9.28. The summed E-state index contributed by atoms with van der Waals surface area (Å²) >= 11 is 0. The zero-order chi connectivity index (χ0) is 21.3. The Kier molecular flexibility index (Phi) is 6.16. The molecule has 1 heterocycles. The molecule has 28 heavy (non-hydrogen) atoms. The summed E-state index contributed by atoms with van der Waals surface area (Å²) in [4.78, 5) is 12.1. The average molecular weight is 392 g/mol. The number of benzene rings is 1. The van der Waals surface area contributed by atoms with Gasteiger partial charge in [-0.25, -0.2) is 9.18 Å². The predicted molar refractivity (Wildman–Crippen MR) is 109 cm³/mol. The van der Waals surface area contributed by atoms with Crippen molar-refractivity contribution in [1.82, 2.24) is 5.32 Å². The van der Waals surface area contributed by atoms with Gasteiger partial charge < -0.3 is 25.1 Å². The van der Waals surface area contributed by atoms with Gasteiger partial charge in [0, 0.05) is 6.54 Å². The van der Waals surface area contributed by atoms with Crippen LogP contribution in [0.3, 0.4) is 0 Å². The van der Waals surface area contributed by atoms with Crippen LogP contribution in [0, 0.1) is 5.82 Å². The highest BCUT2D eigenvalue weighted by atomic mass is 19.1. The zero-order valence-electron chi connectivity index (χ0n) is 17.7. The third-order valence-electron chi connectivity index (χ3n) is 4.76. The maximum Gasteiger partial charge on any atom is 0.492 e. The highest BCUT2D eigenvalue weighted by Crippen LogP contribution is 2.38. The Morgan fingerprint density at radius 2 is 1.82 bits per heavy atom. The quantitative estimate of drug-likeness (QED) is 0.599. The van der Waals surface area contributed by atoms with Crippen LogP contribution in [-0.2, 0) is 14.0 Å². The van der Waals surface area contributed by atoms with E-state index >= 15 is 0 Å². The van der Waals surface area contributed by atoms with Crippen LogP contribution in [0.5, 0.6) is 0 Å². The van der Waals surface area contributed by atoms with E-state index in [4.69, 9.17) is 19.8 Å². The third kappa shape index (κ3) is 5.48. The van der Waals surface area contributed by atoms with E-state index in [1.807, 2.05) is 27.7 Å². The molecule has 3 N–H and O–H groups in total. The number of ether oxygens (including phenoxy) is 1. The maximum absolute atomic E-state index is 13.5. The minimum absolute atomic E-state index is 0.0436. The highest BCUT2D eigenvalue weighted by molar-refractivity contribution is 6.56. The molecule has 154 valence electrons. The van der Waals surface area contributed by atoms with E-state index in [1.54, 1.807) is 32.9 Å². The number of nitrogens with one attached hydrogen (secondary N) is 1. The smallest absolute Gasteiger partial charge is 0.444 e. The van der Waals surface area contributed by atoms with Crippen LogP contribution in [0.2, 0.25) is 0 Å². The van der Waals surface area contributed by atoms with Gasteiger partial charge in [0.1, 0.15) is 11.4 Å². The lowest BCUT2D eigenvalue weighted by molar-refractivity contribution is 0.00578. The maximum atomic E-state index is 13.5. The largest absolute Gasteiger partial charge is 0.492 e. The molecule has 1 aliphatic heterocycles. The van der Waals surface area contributed by atoms with Crippen molar-refractivity contribution in [2.24, 2.45) is 0 Å². The summed E-state index contributed by atoms with van der Waals surface area (Å²) < 4.78 is 31.0. The Bertz CT molecular complexity index is 756. The fourth-order valence-corrected chi connectivity index (χ4v) is 2.55. The number of anilines is 1. The van der Waals surface area contributed by atoms with Crippen LogP contribution >= 0.6 is 0 Å². The van der Waals surface area contributed by atoms with Gasteiger partial charge >= 0.3 is 13.2 Å². The molecule has 1 aromatic carbocycles. The summed E-state index contributed by atoms with van der Waals surface area (Å²) in [6.45, 7) is 13.3. The zero-order valence-corrected chi connectivity index (χ0v) is 17.7. The average Bonchev–Trinajstić information content (AvgIpc) is 2.73. The van der Waals surface area contributed by atoms with Crippen LogP contribution in [-0.4, -0.2) is 36.6 Å². The van der Waals surface area contributed by atoms with Crippen molar-refractivity contribution < 1.29 is 23.2 Å². The number of carbonyl (C=O) groups is 1. The van der Waals surface area contributed by atoms with Crippen LogP contribution in [0.15, 0.2) is 23.7 Å². The van der Waals surface area contributed by atoms with E-state index in [1.165, 1.54) is 12.1 Å². The fourth-order valence-electron chi connectivity index (χ4n) is 2.55. The molecule has 2 rings (SSSR count). The second-order valence-corrected chi connectivity index (χ2v) is 8.94. The number of hydrogen-bond acceptors (Lipinski definition) is 5. The minimum atomic E-state index is -0.675. The van der Waals surface area contributed by atoms with Crippen molar-refractivity contribution >= 4 is 25.0 Å². The Hall–Kier alpha value is -2.06. The predicted octanol–water partition coefficient (Wildman–Crippen LogP) is 3.95. The monoisotopic (exact) mass is 392 g/mol. The van der Waals surface area contributed by atoms with Gasteiger partial charge in [0.05, 0.1) is 16.9 Å². The third-order valence-corrected chi connectivity index (χ3v) is 4.76. The van der Waals surface area contributed by atoms with Crippen LogP contribution < -0.4 is 11.1 Å². The number of hydrogen-bond donors (Lipinski definition) is 2. The molecular weight excluding hydrogens is 362 g/mol. The van der Waals surface area contributed by atoms with Gasteiger partial charge in [0.2, 0.25) is 0 Å². The summed E-state index contributed by atoms with van der Waals surface area (Å²) in [6.07, 6.45) is 1.23. The van der Waals surface area contributed by atoms with E-state index in [9.17, 15) is 9.18 Å². The lowest BCUT2D eigenvalue weighted by Gasteiger charge is -2.32. The molecule has 1 aromatic rings. The number of rotatable bonds is 4. The summed E-state index contributed by atoms with van der Waals surface area (Å²) in [5.74, 6) is -0.485. The van der Waals surface area contributed by atoms with E-state index < -0.39 is 35.8 Å². The number of carbonyl (C=O) groups excluding carboxylic acids is 1. The molecule has 0 aromatic heterocycles. The van der Waals surface area contributed by atoms with E-state index in [-0.39, 0.29) is 12.2 Å². The number of nitrogen functional groups attached to an aromatic ring is 1. The number of amides is 1.